The molecule has 2 aromatic heterocycles. The zero-order valence-electron chi connectivity index (χ0n) is 20.8. The number of pyridine rings is 1. The molecule has 3 aromatic carbocycles. The van der Waals surface area contributed by atoms with Crippen LogP contribution in [0, 0.1) is 13.7 Å². The monoisotopic (exact) mass is 370 g/mol. The van der Waals surface area contributed by atoms with E-state index in [9.17, 15) is 5.11 Å². The van der Waals surface area contributed by atoms with Crippen LogP contribution in [0.15, 0.2) is 79.0 Å². The third-order valence-electron chi connectivity index (χ3n) is 4.99. The Labute approximate surface area is 172 Å². The van der Waals surface area contributed by atoms with Gasteiger partial charge in [0.05, 0.1) is 11.0 Å². The van der Waals surface area contributed by atoms with Gasteiger partial charge in [-0.1, -0.05) is 48.5 Å². The van der Waals surface area contributed by atoms with Crippen LogP contribution < -0.4 is 0 Å². The maximum atomic E-state index is 10.2. The zero-order chi connectivity index (χ0) is 24.3. The third-order valence-corrected chi connectivity index (χ3v) is 4.99. The number of hydrogen-bond acceptors (Lipinski definition) is 2. The summed E-state index contributed by atoms with van der Waals surface area (Å²) in [4.78, 5) is 4.43. The second-order valence-electron chi connectivity index (χ2n) is 6.67. The Morgan fingerprint density at radius 3 is 2.46 bits per heavy atom. The molecule has 0 aliphatic carbocycles. The van der Waals surface area contributed by atoms with E-state index in [4.69, 9.17) is 8.22 Å². The molecule has 0 bridgehead atoms. The minimum Gasteiger partial charge on any atom is -0.508 e. The van der Waals surface area contributed by atoms with Crippen molar-refractivity contribution in [2.24, 2.45) is 0 Å². The molecule has 5 aromatic rings. The molecular formula is C25H20N2O. The quantitative estimate of drug-likeness (QED) is 0.404. The summed E-state index contributed by atoms with van der Waals surface area (Å²) in [5.41, 5.74) is 1.58. The lowest BCUT2D eigenvalue weighted by Crippen LogP contribution is -2.03. The second-order valence-corrected chi connectivity index (χ2v) is 6.67. The van der Waals surface area contributed by atoms with Crippen molar-refractivity contribution in [3.63, 3.8) is 0 Å². The minimum absolute atomic E-state index is 0.0226. The second kappa shape index (κ2) is 6.24. The van der Waals surface area contributed by atoms with E-state index in [2.05, 4.69) is 4.98 Å². The molecule has 3 heteroatoms. The number of phenolic OH excluding ortho intramolecular Hbond substituents is 1. The van der Waals surface area contributed by atoms with Crippen LogP contribution in [0.3, 0.4) is 0 Å². The SMILES string of the molecule is [2H]C([2H])([2H])c1cnc(-n2c3ccccc3c3ccc(O)cc32)c(C([2H])([2H])[2H])c1-c1ccccc1. The molecule has 0 aliphatic heterocycles. The van der Waals surface area contributed by atoms with E-state index in [1.165, 1.54) is 6.20 Å². The van der Waals surface area contributed by atoms with Gasteiger partial charge in [0.2, 0.25) is 0 Å². The zero-order valence-corrected chi connectivity index (χ0v) is 14.8. The summed E-state index contributed by atoms with van der Waals surface area (Å²) in [6.45, 7) is -5.25. The van der Waals surface area contributed by atoms with E-state index in [1.54, 1.807) is 53.1 Å². The number of phenols is 1. The maximum Gasteiger partial charge on any atom is 0.141 e. The van der Waals surface area contributed by atoms with Crippen LogP contribution in [0.25, 0.3) is 38.8 Å². The fourth-order valence-electron chi connectivity index (χ4n) is 3.76. The van der Waals surface area contributed by atoms with Crippen LogP contribution in [0.5, 0.6) is 5.75 Å². The topological polar surface area (TPSA) is 38.0 Å². The fourth-order valence-corrected chi connectivity index (χ4v) is 3.76. The number of fused-ring (bicyclic) bond motifs is 3. The highest BCUT2D eigenvalue weighted by molar-refractivity contribution is 6.09. The summed E-state index contributed by atoms with van der Waals surface area (Å²) >= 11 is 0. The van der Waals surface area contributed by atoms with Crippen molar-refractivity contribution in [3.8, 4) is 22.7 Å². The van der Waals surface area contributed by atoms with Crippen LogP contribution in [-0.4, -0.2) is 14.7 Å². The Kier molecular flexibility index (Phi) is 2.52. The van der Waals surface area contributed by atoms with E-state index in [-0.39, 0.29) is 28.3 Å². The van der Waals surface area contributed by atoms with Crippen molar-refractivity contribution in [2.75, 3.05) is 0 Å². The highest BCUT2D eigenvalue weighted by atomic mass is 16.3. The lowest BCUT2D eigenvalue weighted by Gasteiger charge is -2.16. The van der Waals surface area contributed by atoms with Gasteiger partial charge in [-0.25, -0.2) is 4.98 Å². The molecule has 0 spiro atoms. The Morgan fingerprint density at radius 1 is 0.857 bits per heavy atom. The summed E-state index contributed by atoms with van der Waals surface area (Å²) < 4.78 is 51.1. The molecule has 0 fully saturated rings. The Bertz CT molecular complexity index is 1540. The number of aromatic hydroxyl groups is 1. The van der Waals surface area contributed by atoms with E-state index < -0.39 is 13.7 Å². The van der Waals surface area contributed by atoms with Crippen molar-refractivity contribution in [1.29, 1.82) is 0 Å². The first-order chi connectivity index (χ1) is 16.1. The average molecular weight is 370 g/mol. The molecule has 0 radical (unpaired) electrons. The van der Waals surface area contributed by atoms with Crippen LogP contribution in [0.2, 0.25) is 0 Å². The molecule has 28 heavy (non-hydrogen) atoms. The smallest absolute Gasteiger partial charge is 0.141 e. The highest BCUT2D eigenvalue weighted by Gasteiger charge is 2.18. The van der Waals surface area contributed by atoms with Crippen molar-refractivity contribution >= 4 is 21.8 Å². The molecule has 1 N–H and O–H groups in total. The summed E-state index contributed by atoms with van der Waals surface area (Å²) in [7, 11) is 0. The fraction of sp³-hybridized carbons (Fsp3) is 0.0800. The maximum absolute atomic E-state index is 10.2. The van der Waals surface area contributed by atoms with Crippen LogP contribution >= 0.6 is 0 Å². The molecule has 136 valence electrons. The van der Waals surface area contributed by atoms with E-state index in [1.807, 2.05) is 24.3 Å². The normalized spacial score (nSPS) is 15.4. The van der Waals surface area contributed by atoms with Crippen molar-refractivity contribution < 1.29 is 13.3 Å². The van der Waals surface area contributed by atoms with Gasteiger partial charge in [-0.05, 0) is 48.6 Å². The minimum atomic E-state index is -2.68. The van der Waals surface area contributed by atoms with Gasteiger partial charge in [0.15, 0.2) is 0 Å². The van der Waals surface area contributed by atoms with E-state index >= 15 is 0 Å². The first kappa shape index (κ1) is 11.3. The summed E-state index contributed by atoms with van der Waals surface area (Å²) in [5.74, 6) is 0.123. The predicted octanol–water partition coefficient (Wildman–Crippen LogP) is 6.17. The largest absolute Gasteiger partial charge is 0.508 e. The van der Waals surface area contributed by atoms with Gasteiger partial charge in [-0.3, -0.25) is 4.57 Å². The Balaban J connectivity index is 2.00. The number of rotatable bonds is 2. The first-order valence-electron chi connectivity index (χ1n) is 11.9. The molecule has 2 heterocycles. The van der Waals surface area contributed by atoms with Gasteiger partial charge in [-0.15, -0.1) is 0 Å². The molecule has 0 aliphatic rings. The highest BCUT2D eigenvalue weighted by Crippen LogP contribution is 2.36. The van der Waals surface area contributed by atoms with Crippen molar-refractivity contribution in [3.05, 3.63) is 90.1 Å². The van der Waals surface area contributed by atoms with Crippen LogP contribution in [0.4, 0.5) is 0 Å². The molecule has 0 saturated heterocycles. The summed E-state index contributed by atoms with van der Waals surface area (Å²) in [6.07, 6.45) is 1.24. The number of nitrogens with zero attached hydrogens (tertiary/aromatic N) is 2. The van der Waals surface area contributed by atoms with Gasteiger partial charge in [-0.2, -0.15) is 0 Å². The predicted molar refractivity (Wildman–Crippen MR) is 115 cm³/mol. The number of benzene rings is 3. The molecular weight excluding hydrogens is 344 g/mol. The standard InChI is InChI=1S/C25H20N2O/c1-16-15-26-25(17(2)24(16)18-8-4-3-5-9-18)27-22-11-7-6-10-20(22)21-13-12-19(28)14-23(21)27/h3-15,28H,1-2H3/i1D3,2D3. The summed E-state index contributed by atoms with van der Waals surface area (Å²) in [6, 6.07) is 21.0. The summed E-state index contributed by atoms with van der Waals surface area (Å²) in [5, 5.41) is 11.9. The molecule has 0 atom stereocenters. The average Bonchev–Trinajstić information content (AvgIpc) is 3.10. The molecule has 0 saturated carbocycles. The third kappa shape index (κ3) is 2.40. The van der Waals surface area contributed by atoms with Gasteiger partial charge in [0.1, 0.15) is 11.6 Å². The van der Waals surface area contributed by atoms with Crippen LogP contribution in [-0.2, 0) is 0 Å². The molecule has 0 unspecified atom stereocenters. The van der Waals surface area contributed by atoms with Crippen molar-refractivity contribution in [2.45, 2.75) is 13.7 Å². The number of para-hydroxylation sites is 1. The van der Waals surface area contributed by atoms with Gasteiger partial charge in [0.25, 0.3) is 0 Å². The Morgan fingerprint density at radius 2 is 1.64 bits per heavy atom. The lowest BCUT2D eigenvalue weighted by molar-refractivity contribution is 0.476. The van der Waals surface area contributed by atoms with E-state index in [0.29, 0.717) is 16.6 Å². The Hall–Kier alpha value is -3.59. The number of aromatic nitrogens is 2. The first-order valence-corrected chi connectivity index (χ1v) is 8.89. The number of hydrogen-bond donors (Lipinski definition) is 1. The van der Waals surface area contributed by atoms with Gasteiger partial charge < -0.3 is 5.11 Å². The van der Waals surface area contributed by atoms with Crippen molar-refractivity contribution in [1.82, 2.24) is 9.55 Å². The van der Waals surface area contributed by atoms with Gasteiger partial charge in [0, 0.05) is 36.8 Å². The molecule has 5 rings (SSSR count). The van der Waals surface area contributed by atoms with Crippen LogP contribution in [0.1, 0.15) is 19.4 Å². The lowest BCUT2D eigenvalue weighted by atomic mass is 9.97. The molecule has 3 nitrogen and oxygen atoms in total. The number of aryl methyl sites for hydroxylation is 1. The molecule has 0 amide bonds. The van der Waals surface area contributed by atoms with E-state index in [0.717, 1.165) is 10.8 Å². The van der Waals surface area contributed by atoms with Gasteiger partial charge >= 0.3 is 0 Å².